The topological polar surface area (TPSA) is 97.5 Å². The number of methoxy groups -OCH3 is 1. The lowest BCUT2D eigenvalue weighted by Crippen LogP contribution is -2.43. The molecule has 21 heavy (non-hydrogen) atoms. The Balaban J connectivity index is 2.15. The van der Waals surface area contributed by atoms with Crippen LogP contribution in [0, 0.1) is 0 Å². The molecule has 1 aliphatic heterocycles. The number of ether oxygens (including phenoxy) is 1. The Hall–Kier alpha value is -1.96. The van der Waals surface area contributed by atoms with E-state index < -0.39 is 5.97 Å². The molecule has 1 aliphatic rings. The molecule has 0 saturated carbocycles. The van der Waals surface area contributed by atoms with Gasteiger partial charge in [-0.15, -0.1) is 5.10 Å². The smallest absolute Gasteiger partial charge is 0.358 e. The number of aromatic carboxylic acids is 1. The largest absolute Gasteiger partial charge is 0.476 e. The van der Waals surface area contributed by atoms with Crippen LogP contribution in [-0.2, 0) is 22.7 Å². The fourth-order valence-corrected chi connectivity index (χ4v) is 2.59. The number of likely N-dealkylation sites (tertiary alicyclic amines) is 1. The van der Waals surface area contributed by atoms with Crippen LogP contribution >= 0.6 is 0 Å². The van der Waals surface area contributed by atoms with Crippen molar-refractivity contribution in [2.24, 2.45) is 0 Å². The first-order valence-corrected chi connectivity index (χ1v) is 6.98. The number of amides is 1. The van der Waals surface area contributed by atoms with Crippen LogP contribution in [0.5, 0.6) is 0 Å². The van der Waals surface area contributed by atoms with E-state index in [-0.39, 0.29) is 30.8 Å². The van der Waals surface area contributed by atoms with Crippen molar-refractivity contribution in [3.05, 3.63) is 11.4 Å². The molecule has 2 rings (SSSR count). The van der Waals surface area contributed by atoms with Crippen LogP contribution in [0.3, 0.4) is 0 Å². The number of hydrogen-bond acceptors (Lipinski definition) is 5. The van der Waals surface area contributed by atoms with Crippen LogP contribution < -0.4 is 0 Å². The van der Waals surface area contributed by atoms with Crippen LogP contribution in [0.4, 0.5) is 0 Å². The van der Waals surface area contributed by atoms with Crippen molar-refractivity contribution in [3.63, 3.8) is 0 Å². The molecule has 1 aromatic heterocycles. The van der Waals surface area contributed by atoms with Crippen molar-refractivity contribution < 1.29 is 19.4 Å². The Labute approximate surface area is 122 Å². The monoisotopic (exact) mass is 296 g/mol. The van der Waals surface area contributed by atoms with E-state index in [1.807, 2.05) is 11.8 Å². The summed E-state index contributed by atoms with van der Waals surface area (Å²) in [6.07, 6.45) is 3.12. The Bertz CT molecular complexity index is 528. The summed E-state index contributed by atoms with van der Waals surface area (Å²) in [7, 11) is 1.46. The Morgan fingerprint density at radius 2 is 2.19 bits per heavy atom. The first kappa shape index (κ1) is 15.4. The molecule has 1 fully saturated rings. The van der Waals surface area contributed by atoms with Crippen LogP contribution in [0.2, 0.25) is 0 Å². The molecule has 0 aromatic carbocycles. The first-order valence-electron chi connectivity index (χ1n) is 6.98. The maximum Gasteiger partial charge on any atom is 0.358 e. The molecule has 1 unspecified atom stereocenters. The van der Waals surface area contributed by atoms with E-state index in [1.165, 1.54) is 11.8 Å². The summed E-state index contributed by atoms with van der Waals surface area (Å²) in [5.41, 5.74) is 0.138. The SMILES string of the molecule is COCc1c(C(=O)O)nnn1CC(=O)N1CCCCC1C. The lowest BCUT2D eigenvalue weighted by Gasteiger charge is -2.33. The average Bonchev–Trinajstić information content (AvgIpc) is 2.83. The predicted molar refractivity (Wildman–Crippen MR) is 72.7 cm³/mol. The number of carbonyl (C=O) groups excluding carboxylic acids is 1. The van der Waals surface area contributed by atoms with Gasteiger partial charge in [0.1, 0.15) is 6.54 Å². The van der Waals surface area contributed by atoms with Crippen molar-refractivity contribution >= 4 is 11.9 Å². The molecule has 1 aromatic rings. The third-order valence-corrected chi connectivity index (χ3v) is 3.73. The highest BCUT2D eigenvalue weighted by molar-refractivity contribution is 5.86. The van der Waals surface area contributed by atoms with Crippen LogP contribution in [0.1, 0.15) is 42.4 Å². The molecular weight excluding hydrogens is 276 g/mol. The minimum Gasteiger partial charge on any atom is -0.476 e. The summed E-state index contributed by atoms with van der Waals surface area (Å²) in [5.74, 6) is -1.24. The Kier molecular flexibility index (Phi) is 4.89. The van der Waals surface area contributed by atoms with Crippen molar-refractivity contribution in [2.75, 3.05) is 13.7 Å². The van der Waals surface area contributed by atoms with E-state index in [9.17, 15) is 9.59 Å². The van der Waals surface area contributed by atoms with E-state index in [0.717, 1.165) is 25.8 Å². The molecule has 0 bridgehead atoms. The van der Waals surface area contributed by atoms with Crippen molar-refractivity contribution in [1.82, 2.24) is 19.9 Å². The zero-order chi connectivity index (χ0) is 15.4. The standard InChI is InChI=1S/C13H20N4O4/c1-9-5-3-4-6-16(9)11(18)7-17-10(8-21-2)12(13(19)20)14-15-17/h9H,3-8H2,1-2H3,(H,19,20). The quantitative estimate of drug-likeness (QED) is 0.851. The second-order valence-electron chi connectivity index (χ2n) is 5.21. The fraction of sp³-hybridized carbons (Fsp3) is 0.692. The highest BCUT2D eigenvalue weighted by atomic mass is 16.5. The number of carboxylic acids is 1. The number of hydrogen-bond donors (Lipinski definition) is 1. The van der Waals surface area contributed by atoms with Gasteiger partial charge in [-0.1, -0.05) is 5.21 Å². The van der Waals surface area contributed by atoms with E-state index in [4.69, 9.17) is 9.84 Å². The molecule has 0 spiro atoms. The van der Waals surface area contributed by atoms with Crippen molar-refractivity contribution in [3.8, 4) is 0 Å². The highest BCUT2D eigenvalue weighted by Gasteiger charge is 2.26. The second-order valence-corrected chi connectivity index (χ2v) is 5.21. The normalized spacial score (nSPS) is 18.8. The lowest BCUT2D eigenvalue weighted by atomic mass is 10.0. The number of piperidine rings is 1. The summed E-state index contributed by atoms with van der Waals surface area (Å²) in [5, 5.41) is 16.5. The van der Waals surface area contributed by atoms with Gasteiger partial charge in [0.15, 0.2) is 5.69 Å². The van der Waals surface area contributed by atoms with Gasteiger partial charge in [0.05, 0.1) is 12.3 Å². The maximum atomic E-state index is 12.4. The summed E-state index contributed by atoms with van der Waals surface area (Å²) >= 11 is 0. The average molecular weight is 296 g/mol. The third-order valence-electron chi connectivity index (χ3n) is 3.73. The molecule has 2 heterocycles. The van der Waals surface area contributed by atoms with Gasteiger partial charge in [-0.3, -0.25) is 4.79 Å². The highest BCUT2D eigenvalue weighted by Crippen LogP contribution is 2.17. The van der Waals surface area contributed by atoms with Gasteiger partial charge in [0, 0.05) is 19.7 Å². The summed E-state index contributed by atoms with van der Waals surface area (Å²) in [4.78, 5) is 25.3. The second kappa shape index (κ2) is 6.66. The van der Waals surface area contributed by atoms with Crippen LogP contribution in [0.25, 0.3) is 0 Å². The van der Waals surface area contributed by atoms with E-state index in [1.54, 1.807) is 0 Å². The van der Waals surface area contributed by atoms with Gasteiger partial charge in [-0.05, 0) is 26.2 Å². The number of carbonyl (C=O) groups is 2. The molecule has 1 atom stereocenters. The molecule has 116 valence electrons. The predicted octanol–water partition coefficient (Wildman–Crippen LogP) is 0.524. The molecule has 0 aliphatic carbocycles. The van der Waals surface area contributed by atoms with Gasteiger partial charge in [-0.25, -0.2) is 9.48 Å². The zero-order valence-corrected chi connectivity index (χ0v) is 12.3. The van der Waals surface area contributed by atoms with Gasteiger partial charge in [-0.2, -0.15) is 0 Å². The molecule has 8 nitrogen and oxygen atoms in total. The minimum atomic E-state index is -1.17. The Morgan fingerprint density at radius 3 is 2.81 bits per heavy atom. The number of aromatic nitrogens is 3. The minimum absolute atomic E-state index is 0.0106. The van der Waals surface area contributed by atoms with E-state index >= 15 is 0 Å². The number of nitrogens with zero attached hydrogens (tertiary/aromatic N) is 4. The van der Waals surface area contributed by atoms with Gasteiger partial charge >= 0.3 is 5.97 Å². The van der Waals surface area contributed by atoms with Gasteiger partial charge in [0.25, 0.3) is 0 Å². The molecule has 1 saturated heterocycles. The molecule has 1 amide bonds. The third kappa shape index (κ3) is 3.38. The van der Waals surface area contributed by atoms with Crippen molar-refractivity contribution in [1.29, 1.82) is 0 Å². The fourth-order valence-electron chi connectivity index (χ4n) is 2.59. The summed E-state index contributed by atoms with van der Waals surface area (Å²) < 4.78 is 6.29. The van der Waals surface area contributed by atoms with Gasteiger partial charge < -0.3 is 14.7 Å². The Morgan fingerprint density at radius 1 is 1.43 bits per heavy atom. The number of carboxylic acid groups (broad SMARTS) is 1. The van der Waals surface area contributed by atoms with Crippen LogP contribution in [-0.4, -0.2) is 56.6 Å². The molecule has 1 N–H and O–H groups in total. The summed E-state index contributed by atoms with van der Waals surface area (Å²) in [6, 6.07) is 0.208. The van der Waals surface area contributed by atoms with Crippen LogP contribution in [0.15, 0.2) is 0 Å². The number of rotatable bonds is 5. The molecular formula is C13H20N4O4. The first-order chi connectivity index (χ1) is 10.0. The van der Waals surface area contributed by atoms with E-state index in [0.29, 0.717) is 5.69 Å². The van der Waals surface area contributed by atoms with E-state index in [2.05, 4.69) is 10.3 Å². The molecule has 8 heteroatoms. The van der Waals surface area contributed by atoms with Gasteiger partial charge in [0.2, 0.25) is 5.91 Å². The lowest BCUT2D eigenvalue weighted by molar-refractivity contribution is -0.135. The maximum absolute atomic E-state index is 12.4. The summed E-state index contributed by atoms with van der Waals surface area (Å²) in [6.45, 7) is 2.80. The zero-order valence-electron chi connectivity index (χ0n) is 12.3. The molecule has 0 radical (unpaired) electrons. The van der Waals surface area contributed by atoms with Crippen molar-refractivity contribution in [2.45, 2.75) is 45.4 Å².